The highest BCUT2D eigenvalue weighted by molar-refractivity contribution is 7.12. The maximum absolute atomic E-state index is 11.8. The van der Waals surface area contributed by atoms with Gasteiger partial charge in [-0.15, -0.1) is 11.3 Å². The first-order valence-electron chi connectivity index (χ1n) is 7.78. The van der Waals surface area contributed by atoms with Crippen LogP contribution in [0, 0.1) is 0 Å². The molecule has 0 aliphatic rings. The van der Waals surface area contributed by atoms with E-state index in [0.29, 0.717) is 22.9 Å². The second-order valence-electron chi connectivity index (χ2n) is 5.29. The molecule has 0 unspecified atom stereocenters. The fourth-order valence-corrected chi connectivity index (χ4v) is 2.86. The molecule has 0 spiro atoms. The monoisotopic (exact) mass is 379 g/mol. The van der Waals surface area contributed by atoms with Crippen LogP contribution in [0.4, 0.5) is 0 Å². The molecule has 5 nitrogen and oxygen atoms in total. The SMILES string of the molecule is O=C(COC(=O)CCC(=O)c1cccs1)NCCc1ccc(Cl)cc1. The summed E-state index contributed by atoms with van der Waals surface area (Å²) in [5, 5.41) is 5.14. The Bertz CT molecular complexity index is 713. The van der Waals surface area contributed by atoms with Crippen LogP contribution in [0.15, 0.2) is 41.8 Å². The summed E-state index contributed by atoms with van der Waals surface area (Å²) < 4.78 is 4.87. The number of ketones is 1. The highest BCUT2D eigenvalue weighted by atomic mass is 35.5. The van der Waals surface area contributed by atoms with Crippen molar-refractivity contribution in [2.45, 2.75) is 19.3 Å². The molecular weight excluding hydrogens is 362 g/mol. The van der Waals surface area contributed by atoms with Gasteiger partial charge in [0, 0.05) is 18.0 Å². The molecule has 25 heavy (non-hydrogen) atoms. The van der Waals surface area contributed by atoms with Crippen molar-refractivity contribution < 1.29 is 19.1 Å². The Kier molecular flexibility index (Phi) is 7.63. The average Bonchev–Trinajstić information content (AvgIpc) is 3.14. The summed E-state index contributed by atoms with van der Waals surface area (Å²) in [7, 11) is 0. The van der Waals surface area contributed by atoms with E-state index in [9.17, 15) is 14.4 Å². The molecule has 2 rings (SSSR count). The van der Waals surface area contributed by atoms with Crippen molar-refractivity contribution in [1.82, 2.24) is 5.32 Å². The fourth-order valence-electron chi connectivity index (χ4n) is 2.04. The summed E-state index contributed by atoms with van der Waals surface area (Å²) in [4.78, 5) is 35.6. The van der Waals surface area contributed by atoms with Crippen LogP contribution >= 0.6 is 22.9 Å². The second-order valence-corrected chi connectivity index (χ2v) is 6.67. The maximum atomic E-state index is 11.8. The molecule has 0 aliphatic carbocycles. The van der Waals surface area contributed by atoms with Crippen LogP contribution in [0.1, 0.15) is 28.1 Å². The minimum absolute atomic E-state index is 0.0329. The van der Waals surface area contributed by atoms with Crippen molar-refractivity contribution >= 4 is 40.6 Å². The number of carbonyl (C=O) groups is 3. The number of amides is 1. The van der Waals surface area contributed by atoms with Gasteiger partial charge in [0.05, 0.1) is 11.3 Å². The molecule has 0 saturated carbocycles. The van der Waals surface area contributed by atoms with Crippen LogP contribution in [-0.2, 0) is 20.7 Å². The Morgan fingerprint density at radius 1 is 1.08 bits per heavy atom. The first kappa shape index (κ1) is 19.1. The van der Waals surface area contributed by atoms with Gasteiger partial charge in [-0.2, -0.15) is 0 Å². The molecule has 7 heteroatoms. The Morgan fingerprint density at radius 2 is 1.84 bits per heavy atom. The van der Waals surface area contributed by atoms with Gasteiger partial charge in [-0.3, -0.25) is 14.4 Å². The maximum Gasteiger partial charge on any atom is 0.306 e. The van der Waals surface area contributed by atoms with Crippen LogP contribution in [0.2, 0.25) is 5.02 Å². The Balaban J connectivity index is 1.58. The molecule has 0 radical (unpaired) electrons. The van der Waals surface area contributed by atoms with E-state index < -0.39 is 5.97 Å². The van der Waals surface area contributed by atoms with Crippen molar-refractivity contribution in [1.29, 1.82) is 0 Å². The van der Waals surface area contributed by atoms with Crippen molar-refractivity contribution in [3.05, 3.63) is 57.2 Å². The zero-order valence-electron chi connectivity index (χ0n) is 13.5. The molecule has 1 aromatic heterocycles. The van der Waals surface area contributed by atoms with Gasteiger partial charge >= 0.3 is 5.97 Å². The lowest BCUT2D eigenvalue weighted by Crippen LogP contribution is -2.30. The van der Waals surface area contributed by atoms with Crippen molar-refractivity contribution in [3.8, 4) is 0 Å². The lowest BCUT2D eigenvalue weighted by molar-refractivity contribution is -0.148. The van der Waals surface area contributed by atoms with Crippen LogP contribution in [0.3, 0.4) is 0 Å². The molecule has 1 heterocycles. The van der Waals surface area contributed by atoms with E-state index in [4.69, 9.17) is 16.3 Å². The number of benzene rings is 1. The van der Waals surface area contributed by atoms with Gasteiger partial charge in [0.1, 0.15) is 0 Å². The third-order valence-corrected chi connectivity index (χ3v) is 4.53. The number of halogens is 1. The molecule has 0 atom stereocenters. The van der Waals surface area contributed by atoms with Crippen LogP contribution < -0.4 is 5.32 Å². The van der Waals surface area contributed by atoms with Gasteiger partial charge in [0.2, 0.25) is 0 Å². The van der Waals surface area contributed by atoms with Gasteiger partial charge in [-0.1, -0.05) is 29.8 Å². The molecule has 2 aromatic rings. The fraction of sp³-hybridized carbons (Fsp3) is 0.278. The quantitative estimate of drug-likeness (QED) is 0.536. The number of ether oxygens (including phenoxy) is 1. The number of hydrogen-bond donors (Lipinski definition) is 1. The van der Waals surface area contributed by atoms with Crippen molar-refractivity contribution in [3.63, 3.8) is 0 Å². The van der Waals surface area contributed by atoms with Crippen molar-refractivity contribution in [2.24, 2.45) is 0 Å². The number of carbonyl (C=O) groups excluding carboxylic acids is 3. The zero-order valence-corrected chi connectivity index (χ0v) is 15.1. The number of Topliss-reactive ketones (excluding diaryl/α,β-unsaturated/α-hetero) is 1. The molecule has 0 fully saturated rings. The van der Waals surface area contributed by atoms with E-state index in [1.54, 1.807) is 29.6 Å². The Hall–Kier alpha value is -2.18. The minimum atomic E-state index is -0.558. The summed E-state index contributed by atoms with van der Waals surface area (Å²) in [5.74, 6) is -1.02. The summed E-state index contributed by atoms with van der Waals surface area (Å²) in [6.07, 6.45) is 0.707. The third-order valence-electron chi connectivity index (χ3n) is 3.37. The highest BCUT2D eigenvalue weighted by Crippen LogP contribution is 2.12. The van der Waals surface area contributed by atoms with E-state index in [0.717, 1.165) is 5.56 Å². The topological polar surface area (TPSA) is 72.5 Å². The smallest absolute Gasteiger partial charge is 0.306 e. The standard InChI is InChI=1S/C18H18ClNO4S/c19-14-5-3-13(4-6-14)9-10-20-17(22)12-24-18(23)8-7-15(21)16-2-1-11-25-16/h1-6,11H,7-10,12H2,(H,20,22). The van der Waals surface area contributed by atoms with Gasteiger partial charge in [0.25, 0.3) is 5.91 Å². The second kappa shape index (κ2) is 9.96. The predicted octanol–water partition coefficient (Wildman–Crippen LogP) is 3.27. The number of esters is 1. The zero-order chi connectivity index (χ0) is 18.1. The first-order chi connectivity index (χ1) is 12.0. The van der Waals surface area contributed by atoms with Gasteiger partial charge in [-0.25, -0.2) is 0 Å². The molecule has 132 valence electrons. The largest absolute Gasteiger partial charge is 0.456 e. The molecule has 1 amide bonds. The van der Waals surface area contributed by atoms with E-state index in [2.05, 4.69) is 5.32 Å². The van der Waals surface area contributed by atoms with Crippen LogP contribution in [0.5, 0.6) is 0 Å². The summed E-state index contributed by atoms with van der Waals surface area (Å²) >= 11 is 7.14. The third kappa shape index (κ3) is 7.07. The summed E-state index contributed by atoms with van der Waals surface area (Å²) in [6, 6.07) is 10.9. The first-order valence-corrected chi connectivity index (χ1v) is 9.04. The number of thiophene rings is 1. The Labute approximate surface area is 154 Å². The lowest BCUT2D eigenvalue weighted by Gasteiger charge is -2.07. The van der Waals surface area contributed by atoms with Gasteiger partial charge in [-0.05, 0) is 35.6 Å². The highest BCUT2D eigenvalue weighted by Gasteiger charge is 2.12. The van der Waals surface area contributed by atoms with Gasteiger partial charge in [0.15, 0.2) is 12.4 Å². The molecule has 0 saturated heterocycles. The lowest BCUT2D eigenvalue weighted by atomic mass is 10.1. The minimum Gasteiger partial charge on any atom is -0.456 e. The molecule has 0 aliphatic heterocycles. The molecule has 1 N–H and O–H groups in total. The van der Waals surface area contributed by atoms with Crippen molar-refractivity contribution in [2.75, 3.05) is 13.2 Å². The van der Waals surface area contributed by atoms with E-state index >= 15 is 0 Å². The molecule has 1 aromatic carbocycles. The summed E-state index contributed by atoms with van der Waals surface area (Å²) in [6.45, 7) is 0.0987. The average molecular weight is 380 g/mol. The van der Waals surface area contributed by atoms with E-state index in [1.807, 2.05) is 12.1 Å². The number of hydrogen-bond acceptors (Lipinski definition) is 5. The van der Waals surface area contributed by atoms with Crippen LogP contribution in [-0.4, -0.2) is 30.8 Å². The Morgan fingerprint density at radius 3 is 2.52 bits per heavy atom. The normalized spacial score (nSPS) is 10.3. The van der Waals surface area contributed by atoms with Crippen LogP contribution in [0.25, 0.3) is 0 Å². The van der Waals surface area contributed by atoms with Gasteiger partial charge < -0.3 is 10.1 Å². The number of rotatable bonds is 9. The van der Waals surface area contributed by atoms with E-state index in [-0.39, 0.29) is 31.1 Å². The number of nitrogens with one attached hydrogen (secondary N) is 1. The predicted molar refractivity (Wildman–Crippen MR) is 97.0 cm³/mol. The molecule has 0 bridgehead atoms. The molecular formula is C18H18ClNO4S. The summed E-state index contributed by atoms with van der Waals surface area (Å²) in [5.41, 5.74) is 1.05. The van der Waals surface area contributed by atoms with E-state index in [1.165, 1.54) is 11.3 Å².